The summed E-state index contributed by atoms with van der Waals surface area (Å²) in [5.41, 5.74) is -0.154. The van der Waals surface area contributed by atoms with Crippen molar-refractivity contribution in [2.24, 2.45) is 0 Å². The van der Waals surface area contributed by atoms with E-state index in [4.69, 9.17) is 0 Å². The standard InChI is InChI=1S/C23H48N2O/c1-5-6-7-8-9-10-11-12-13-14-15-16-17-18-19-20-21-24-22(26)25-23(2,3)4/h5-21H2,1-4H3,(H2,24,25,26). The second-order valence-corrected chi connectivity index (χ2v) is 8.93. The highest BCUT2D eigenvalue weighted by atomic mass is 16.2. The number of amides is 2. The fourth-order valence-electron chi connectivity index (χ4n) is 3.26. The third-order valence-corrected chi connectivity index (χ3v) is 4.80. The number of unbranched alkanes of at least 4 members (excludes halogenated alkanes) is 15. The number of hydrogen-bond acceptors (Lipinski definition) is 1. The molecule has 0 aromatic heterocycles. The summed E-state index contributed by atoms with van der Waals surface area (Å²) in [7, 11) is 0. The van der Waals surface area contributed by atoms with Gasteiger partial charge in [0.05, 0.1) is 0 Å². The van der Waals surface area contributed by atoms with Crippen molar-refractivity contribution in [2.75, 3.05) is 6.54 Å². The second kappa shape index (κ2) is 17.7. The molecule has 2 amide bonds. The van der Waals surface area contributed by atoms with Crippen LogP contribution in [0, 0.1) is 0 Å². The lowest BCUT2D eigenvalue weighted by Gasteiger charge is -2.20. The van der Waals surface area contributed by atoms with Gasteiger partial charge in [-0.05, 0) is 27.2 Å². The minimum Gasteiger partial charge on any atom is -0.338 e. The normalized spacial score (nSPS) is 11.5. The van der Waals surface area contributed by atoms with Crippen molar-refractivity contribution in [3.63, 3.8) is 0 Å². The summed E-state index contributed by atoms with van der Waals surface area (Å²) in [5, 5.41) is 5.86. The maximum Gasteiger partial charge on any atom is 0.315 e. The highest BCUT2D eigenvalue weighted by molar-refractivity contribution is 5.74. The Hall–Kier alpha value is -0.730. The summed E-state index contributed by atoms with van der Waals surface area (Å²) in [6.45, 7) is 9.08. The van der Waals surface area contributed by atoms with Crippen LogP contribution >= 0.6 is 0 Å². The van der Waals surface area contributed by atoms with Gasteiger partial charge in [-0.2, -0.15) is 0 Å². The summed E-state index contributed by atoms with van der Waals surface area (Å²) in [6.07, 6.45) is 22.1. The average molecular weight is 369 g/mol. The van der Waals surface area contributed by atoms with Crippen LogP contribution in [0.25, 0.3) is 0 Å². The Morgan fingerprint density at radius 3 is 1.31 bits per heavy atom. The third-order valence-electron chi connectivity index (χ3n) is 4.80. The molecule has 0 saturated carbocycles. The zero-order valence-electron chi connectivity index (χ0n) is 18.4. The minimum absolute atomic E-state index is 0.0431. The molecule has 3 heteroatoms. The average Bonchev–Trinajstić information content (AvgIpc) is 2.56. The van der Waals surface area contributed by atoms with E-state index in [0.29, 0.717) is 0 Å². The van der Waals surface area contributed by atoms with Gasteiger partial charge in [0.15, 0.2) is 0 Å². The number of urea groups is 1. The number of nitrogens with one attached hydrogen (secondary N) is 2. The molecule has 26 heavy (non-hydrogen) atoms. The molecule has 0 aliphatic rings. The van der Waals surface area contributed by atoms with Gasteiger partial charge in [0, 0.05) is 12.1 Å². The van der Waals surface area contributed by atoms with Gasteiger partial charge in [-0.1, -0.05) is 103 Å². The molecule has 0 aromatic carbocycles. The van der Waals surface area contributed by atoms with Gasteiger partial charge >= 0.3 is 6.03 Å². The molecule has 3 nitrogen and oxygen atoms in total. The van der Waals surface area contributed by atoms with Gasteiger partial charge in [0.1, 0.15) is 0 Å². The van der Waals surface area contributed by atoms with Crippen molar-refractivity contribution in [1.82, 2.24) is 10.6 Å². The Morgan fingerprint density at radius 1 is 0.615 bits per heavy atom. The lowest BCUT2D eigenvalue weighted by Crippen LogP contribution is -2.46. The highest BCUT2D eigenvalue weighted by Gasteiger charge is 2.12. The van der Waals surface area contributed by atoms with Crippen LogP contribution in [0.2, 0.25) is 0 Å². The van der Waals surface area contributed by atoms with E-state index in [1.807, 2.05) is 20.8 Å². The second-order valence-electron chi connectivity index (χ2n) is 8.93. The summed E-state index contributed by atoms with van der Waals surface area (Å²) in [5.74, 6) is 0. The first kappa shape index (κ1) is 25.3. The van der Waals surface area contributed by atoms with E-state index in [9.17, 15) is 4.79 Å². The third kappa shape index (κ3) is 21.3. The van der Waals surface area contributed by atoms with E-state index in [0.717, 1.165) is 13.0 Å². The summed E-state index contributed by atoms with van der Waals surface area (Å²) in [6, 6.07) is -0.0431. The molecule has 0 radical (unpaired) electrons. The molecular weight excluding hydrogens is 320 g/mol. The molecule has 2 N–H and O–H groups in total. The molecule has 0 atom stereocenters. The van der Waals surface area contributed by atoms with Crippen LogP contribution in [0.15, 0.2) is 0 Å². The molecule has 0 unspecified atom stereocenters. The highest BCUT2D eigenvalue weighted by Crippen LogP contribution is 2.13. The largest absolute Gasteiger partial charge is 0.338 e. The van der Waals surface area contributed by atoms with E-state index in [1.54, 1.807) is 0 Å². The molecule has 156 valence electrons. The van der Waals surface area contributed by atoms with Gasteiger partial charge in [-0.3, -0.25) is 0 Å². The molecule has 0 bridgehead atoms. The first-order valence-corrected chi connectivity index (χ1v) is 11.5. The van der Waals surface area contributed by atoms with E-state index >= 15 is 0 Å². The van der Waals surface area contributed by atoms with Crippen molar-refractivity contribution in [3.8, 4) is 0 Å². The van der Waals surface area contributed by atoms with Crippen molar-refractivity contribution < 1.29 is 4.79 Å². The van der Waals surface area contributed by atoms with E-state index in [2.05, 4.69) is 17.6 Å². The smallest absolute Gasteiger partial charge is 0.315 e. The SMILES string of the molecule is CCCCCCCCCCCCCCCCCCNC(=O)NC(C)(C)C. The Morgan fingerprint density at radius 2 is 0.962 bits per heavy atom. The van der Waals surface area contributed by atoms with Crippen LogP contribution in [0.4, 0.5) is 4.79 Å². The van der Waals surface area contributed by atoms with Gasteiger partial charge in [-0.15, -0.1) is 0 Å². The van der Waals surface area contributed by atoms with Crippen LogP contribution in [0.3, 0.4) is 0 Å². The fourth-order valence-corrected chi connectivity index (χ4v) is 3.26. The lowest BCUT2D eigenvalue weighted by atomic mass is 10.0. The predicted molar refractivity (Wildman–Crippen MR) is 116 cm³/mol. The van der Waals surface area contributed by atoms with Crippen molar-refractivity contribution in [1.29, 1.82) is 0 Å². The van der Waals surface area contributed by atoms with E-state index < -0.39 is 0 Å². The van der Waals surface area contributed by atoms with Crippen LogP contribution in [-0.4, -0.2) is 18.1 Å². The predicted octanol–water partition coefficient (Wildman–Crippen LogP) is 7.35. The minimum atomic E-state index is -0.154. The maximum atomic E-state index is 11.6. The van der Waals surface area contributed by atoms with Gasteiger partial charge in [0.2, 0.25) is 0 Å². The fraction of sp³-hybridized carbons (Fsp3) is 0.957. The zero-order valence-corrected chi connectivity index (χ0v) is 18.4. The van der Waals surface area contributed by atoms with Gasteiger partial charge < -0.3 is 10.6 Å². The lowest BCUT2D eigenvalue weighted by molar-refractivity contribution is 0.232. The monoisotopic (exact) mass is 368 g/mol. The van der Waals surface area contributed by atoms with Gasteiger partial charge in [-0.25, -0.2) is 4.79 Å². The summed E-state index contributed by atoms with van der Waals surface area (Å²) >= 11 is 0. The topological polar surface area (TPSA) is 41.1 Å². The number of carbonyl (C=O) groups is 1. The van der Waals surface area contributed by atoms with Crippen LogP contribution < -0.4 is 10.6 Å². The Labute approximate surface area is 164 Å². The number of hydrogen-bond donors (Lipinski definition) is 2. The molecule has 0 rings (SSSR count). The quantitative estimate of drug-likeness (QED) is 0.259. The molecule has 0 heterocycles. The van der Waals surface area contributed by atoms with Crippen molar-refractivity contribution in [3.05, 3.63) is 0 Å². The summed E-state index contributed by atoms with van der Waals surface area (Å²) in [4.78, 5) is 11.6. The van der Waals surface area contributed by atoms with Crippen molar-refractivity contribution >= 4 is 6.03 Å². The van der Waals surface area contributed by atoms with E-state index in [-0.39, 0.29) is 11.6 Å². The molecule has 0 fully saturated rings. The first-order valence-electron chi connectivity index (χ1n) is 11.5. The maximum absolute atomic E-state index is 11.6. The molecule has 0 aliphatic heterocycles. The molecule has 0 spiro atoms. The Kier molecular flexibility index (Phi) is 17.2. The number of rotatable bonds is 17. The molecule has 0 aliphatic carbocycles. The first-order chi connectivity index (χ1) is 12.5. The summed E-state index contributed by atoms with van der Waals surface area (Å²) < 4.78 is 0. The zero-order chi connectivity index (χ0) is 19.5. The molecule has 0 saturated heterocycles. The Bertz CT molecular complexity index is 310. The Balaban J connectivity index is 3.12. The molecular formula is C23H48N2O. The van der Waals surface area contributed by atoms with Crippen LogP contribution in [0.1, 0.15) is 130 Å². The van der Waals surface area contributed by atoms with Crippen molar-refractivity contribution in [2.45, 2.75) is 136 Å². The van der Waals surface area contributed by atoms with Crippen LogP contribution in [-0.2, 0) is 0 Å². The van der Waals surface area contributed by atoms with Crippen LogP contribution in [0.5, 0.6) is 0 Å². The van der Waals surface area contributed by atoms with Gasteiger partial charge in [0.25, 0.3) is 0 Å². The number of carbonyl (C=O) groups excluding carboxylic acids is 1. The molecule has 0 aromatic rings. The van der Waals surface area contributed by atoms with E-state index in [1.165, 1.54) is 96.3 Å².